The summed E-state index contributed by atoms with van der Waals surface area (Å²) in [5.74, 6) is -1.18. The monoisotopic (exact) mass is 277 g/mol. The number of carbonyl (C=O) groups excluding carboxylic acids is 1. The van der Waals surface area contributed by atoms with E-state index in [4.69, 9.17) is 10.8 Å². The minimum atomic E-state index is -1.25. The molecule has 2 rings (SSSR count). The minimum absolute atomic E-state index is 0.161. The molecule has 0 aliphatic carbocycles. The molecule has 20 heavy (non-hydrogen) atoms. The molecule has 1 aliphatic heterocycles. The Labute approximate surface area is 117 Å². The number of nitrogens with one attached hydrogen (secondary N) is 1. The third-order valence-electron chi connectivity index (χ3n) is 3.72. The number of rotatable bonds is 4. The number of carbonyl (C=O) groups is 2. The van der Waals surface area contributed by atoms with Gasteiger partial charge in [-0.3, -0.25) is 14.5 Å². The molecule has 2 unspecified atom stereocenters. The zero-order chi connectivity index (χ0) is 14.8. The van der Waals surface area contributed by atoms with Gasteiger partial charge in [-0.05, 0) is 25.5 Å². The van der Waals surface area contributed by atoms with Crippen molar-refractivity contribution in [1.29, 1.82) is 0 Å². The van der Waals surface area contributed by atoms with E-state index in [1.807, 2.05) is 18.2 Å². The second-order valence-electron chi connectivity index (χ2n) is 5.21. The van der Waals surface area contributed by atoms with E-state index in [-0.39, 0.29) is 12.5 Å². The quantitative estimate of drug-likeness (QED) is 0.745. The van der Waals surface area contributed by atoms with Crippen LogP contribution in [0, 0.1) is 0 Å². The van der Waals surface area contributed by atoms with Gasteiger partial charge in [0.1, 0.15) is 5.54 Å². The lowest BCUT2D eigenvalue weighted by atomic mass is 10.0. The van der Waals surface area contributed by atoms with E-state index in [1.165, 1.54) is 0 Å². The summed E-state index contributed by atoms with van der Waals surface area (Å²) >= 11 is 0. The van der Waals surface area contributed by atoms with Crippen LogP contribution in [0.5, 0.6) is 0 Å². The van der Waals surface area contributed by atoms with Crippen molar-refractivity contribution in [1.82, 2.24) is 4.90 Å². The minimum Gasteiger partial charge on any atom is -0.480 e. The molecule has 1 aliphatic rings. The Morgan fingerprint density at radius 1 is 1.40 bits per heavy atom. The largest absolute Gasteiger partial charge is 0.480 e. The van der Waals surface area contributed by atoms with Crippen molar-refractivity contribution >= 4 is 17.6 Å². The molecule has 0 aromatic heterocycles. The van der Waals surface area contributed by atoms with Crippen LogP contribution in [0.2, 0.25) is 0 Å². The lowest BCUT2D eigenvalue weighted by Crippen LogP contribution is -2.52. The van der Waals surface area contributed by atoms with Crippen molar-refractivity contribution in [2.75, 3.05) is 18.4 Å². The summed E-state index contributed by atoms with van der Waals surface area (Å²) in [6.07, 6.45) is 0.352. The first-order valence-corrected chi connectivity index (χ1v) is 6.55. The molecule has 2 atom stereocenters. The van der Waals surface area contributed by atoms with E-state index in [0.717, 1.165) is 5.69 Å². The molecule has 1 aromatic carbocycles. The highest BCUT2D eigenvalue weighted by Crippen LogP contribution is 2.21. The van der Waals surface area contributed by atoms with Crippen LogP contribution in [0.3, 0.4) is 0 Å². The molecular formula is C14H19N3O3. The maximum absolute atomic E-state index is 12.1. The summed E-state index contributed by atoms with van der Waals surface area (Å²) < 4.78 is 0. The first kappa shape index (κ1) is 14.5. The van der Waals surface area contributed by atoms with Crippen molar-refractivity contribution in [2.45, 2.75) is 24.9 Å². The number of aliphatic carboxylic acids is 1. The van der Waals surface area contributed by atoms with Gasteiger partial charge in [0, 0.05) is 18.8 Å². The summed E-state index contributed by atoms with van der Waals surface area (Å²) in [6.45, 7) is 2.45. The van der Waals surface area contributed by atoms with E-state index < -0.39 is 17.6 Å². The van der Waals surface area contributed by atoms with Crippen molar-refractivity contribution in [3.8, 4) is 0 Å². The number of amides is 1. The summed E-state index contributed by atoms with van der Waals surface area (Å²) in [4.78, 5) is 25.0. The number of hydrogen-bond donors (Lipinski definition) is 3. The summed E-state index contributed by atoms with van der Waals surface area (Å²) in [5.41, 5.74) is 5.28. The molecular weight excluding hydrogens is 258 g/mol. The molecule has 6 heteroatoms. The van der Waals surface area contributed by atoms with Gasteiger partial charge in [0.2, 0.25) is 5.91 Å². The Morgan fingerprint density at radius 3 is 2.60 bits per heavy atom. The van der Waals surface area contributed by atoms with Crippen LogP contribution >= 0.6 is 0 Å². The molecule has 1 heterocycles. The number of nitrogens with two attached hydrogens (primary N) is 1. The van der Waals surface area contributed by atoms with Crippen LogP contribution < -0.4 is 11.1 Å². The second-order valence-corrected chi connectivity index (χ2v) is 5.21. The van der Waals surface area contributed by atoms with Crippen LogP contribution in [-0.2, 0) is 9.59 Å². The molecule has 0 saturated carbocycles. The highest BCUT2D eigenvalue weighted by atomic mass is 16.4. The average molecular weight is 277 g/mol. The Morgan fingerprint density at radius 2 is 2.05 bits per heavy atom. The van der Waals surface area contributed by atoms with Crippen molar-refractivity contribution < 1.29 is 14.7 Å². The van der Waals surface area contributed by atoms with Crippen LogP contribution in [0.1, 0.15) is 13.3 Å². The predicted molar refractivity (Wildman–Crippen MR) is 75.3 cm³/mol. The van der Waals surface area contributed by atoms with E-state index >= 15 is 0 Å². The first-order chi connectivity index (χ1) is 9.42. The Balaban J connectivity index is 1.97. The van der Waals surface area contributed by atoms with E-state index in [2.05, 4.69) is 5.32 Å². The standard InChI is InChI=1S/C14H19N3O3/c1-10(12(18)16-11-5-3-2-4-6-11)17-8-7-14(15,9-17)13(19)20/h2-6,10H,7-9,15H2,1H3,(H,16,18)(H,19,20). The number of para-hydroxylation sites is 1. The van der Waals surface area contributed by atoms with E-state index in [0.29, 0.717) is 13.0 Å². The number of carboxylic acids is 1. The Kier molecular flexibility index (Phi) is 4.06. The van der Waals surface area contributed by atoms with Gasteiger partial charge in [-0.25, -0.2) is 0 Å². The molecule has 6 nitrogen and oxygen atoms in total. The van der Waals surface area contributed by atoms with Crippen molar-refractivity contribution in [2.24, 2.45) is 5.73 Å². The fourth-order valence-electron chi connectivity index (χ4n) is 2.30. The zero-order valence-electron chi connectivity index (χ0n) is 11.4. The number of likely N-dealkylation sites (tertiary alicyclic amines) is 1. The van der Waals surface area contributed by atoms with Crippen molar-refractivity contribution in [3.05, 3.63) is 30.3 Å². The van der Waals surface area contributed by atoms with E-state index in [1.54, 1.807) is 24.0 Å². The Bertz CT molecular complexity index is 506. The highest BCUT2D eigenvalue weighted by Gasteiger charge is 2.43. The maximum atomic E-state index is 12.1. The molecule has 0 radical (unpaired) electrons. The lowest BCUT2D eigenvalue weighted by Gasteiger charge is -2.25. The molecule has 1 fully saturated rings. The molecule has 0 spiro atoms. The van der Waals surface area contributed by atoms with Crippen LogP contribution in [0.25, 0.3) is 0 Å². The average Bonchev–Trinajstić information content (AvgIpc) is 2.83. The number of nitrogens with zero attached hydrogens (tertiary/aromatic N) is 1. The summed E-state index contributed by atoms with van der Waals surface area (Å²) in [6, 6.07) is 8.74. The van der Waals surface area contributed by atoms with Gasteiger partial charge in [0.25, 0.3) is 0 Å². The lowest BCUT2D eigenvalue weighted by molar-refractivity contribution is -0.143. The van der Waals surface area contributed by atoms with Gasteiger partial charge in [-0.1, -0.05) is 18.2 Å². The van der Waals surface area contributed by atoms with Gasteiger partial charge in [0.05, 0.1) is 6.04 Å². The van der Waals surface area contributed by atoms with E-state index in [9.17, 15) is 9.59 Å². The van der Waals surface area contributed by atoms with Crippen LogP contribution in [0.15, 0.2) is 30.3 Å². The molecule has 1 aromatic rings. The van der Waals surface area contributed by atoms with Crippen LogP contribution in [0.4, 0.5) is 5.69 Å². The third kappa shape index (κ3) is 2.97. The summed E-state index contributed by atoms with van der Waals surface area (Å²) in [7, 11) is 0. The number of anilines is 1. The fraction of sp³-hybridized carbons (Fsp3) is 0.429. The normalized spacial score (nSPS) is 24.3. The molecule has 4 N–H and O–H groups in total. The smallest absolute Gasteiger partial charge is 0.325 e. The van der Waals surface area contributed by atoms with Gasteiger partial charge in [-0.2, -0.15) is 0 Å². The van der Waals surface area contributed by atoms with Gasteiger partial charge in [-0.15, -0.1) is 0 Å². The number of carboxylic acid groups (broad SMARTS) is 1. The summed E-state index contributed by atoms with van der Waals surface area (Å²) in [5, 5.41) is 11.9. The number of hydrogen-bond acceptors (Lipinski definition) is 4. The first-order valence-electron chi connectivity index (χ1n) is 6.55. The molecule has 1 saturated heterocycles. The van der Waals surface area contributed by atoms with Gasteiger partial charge < -0.3 is 16.2 Å². The fourth-order valence-corrected chi connectivity index (χ4v) is 2.30. The van der Waals surface area contributed by atoms with Gasteiger partial charge >= 0.3 is 5.97 Å². The second kappa shape index (κ2) is 5.60. The predicted octanol–water partition coefficient (Wildman–Crippen LogP) is 0.501. The maximum Gasteiger partial charge on any atom is 0.325 e. The zero-order valence-corrected chi connectivity index (χ0v) is 11.4. The van der Waals surface area contributed by atoms with Crippen LogP contribution in [-0.4, -0.2) is 46.6 Å². The molecule has 1 amide bonds. The topological polar surface area (TPSA) is 95.7 Å². The van der Waals surface area contributed by atoms with Gasteiger partial charge in [0.15, 0.2) is 0 Å². The molecule has 0 bridgehead atoms. The number of benzene rings is 1. The SMILES string of the molecule is CC(C(=O)Nc1ccccc1)N1CCC(N)(C(=O)O)C1. The Hall–Kier alpha value is -1.92. The highest BCUT2D eigenvalue weighted by molar-refractivity contribution is 5.94. The van der Waals surface area contributed by atoms with Crippen molar-refractivity contribution in [3.63, 3.8) is 0 Å². The third-order valence-corrected chi connectivity index (χ3v) is 3.72. The molecule has 108 valence electrons.